The first kappa shape index (κ1) is 29.0. The van der Waals surface area contributed by atoms with Crippen molar-refractivity contribution in [1.29, 1.82) is 0 Å². The van der Waals surface area contributed by atoms with Gasteiger partial charge in [0.15, 0.2) is 18.1 Å². The summed E-state index contributed by atoms with van der Waals surface area (Å²) in [6.45, 7) is 6.39. The first-order valence-electron chi connectivity index (χ1n) is 13.8. The third kappa shape index (κ3) is 6.66. The Bertz CT molecular complexity index is 1680. The van der Waals surface area contributed by atoms with Gasteiger partial charge >= 0.3 is 0 Å². The minimum Gasteiger partial charge on any atom is -0.490 e. The standard InChI is InChI=1S/C34H32N2O5S/c1-4-40-30-18-23(14-16-29(30)41-21-32(37)35-28-12-8-7-11-27(28)22(2)3)19-31-33(38)36(34(39)42-31)20-24-13-15-25-9-5-6-10-26(25)17-24/h5-19,22H,4,20-21H2,1-3H3,(H,35,37)/b31-19-. The zero-order valence-corrected chi connectivity index (χ0v) is 24.6. The molecule has 0 spiro atoms. The Morgan fingerprint density at radius 2 is 1.67 bits per heavy atom. The van der Waals surface area contributed by atoms with Gasteiger partial charge in [0, 0.05) is 5.69 Å². The summed E-state index contributed by atoms with van der Waals surface area (Å²) in [6, 6.07) is 26.8. The van der Waals surface area contributed by atoms with E-state index >= 15 is 0 Å². The van der Waals surface area contributed by atoms with Crippen molar-refractivity contribution in [3.63, 3.8) is 0 Å². The number of nitrogens with one attached hydrogen (secondary N) is 1. The normalized spacial score (nSPS) is 14.2. The molecule has 42 heavy (non-hydrogen) atoms. The van der Waals surface area contributed by atoms with Crippen LogP contribution < -0.4 is 14.8 Å². The van der Waals surface area contributed by atoms with Crippen LogP contribution in [0.4, 0.5) is 10.5 Å². The topological polar surface area (TPSA) is 84.9 Å². The summed E-state index contributed by atoms with van der Waals surface area (Å²) in [4.78, 5) is 40.2. The molecule has 0 aromatic heterocycles. The highest BCUT2D eigenvalue weighted by atomic mass is 32.2. The van der Waals surface area contributed by atoms with E-state index in [9.17, 15) is 14.4 Å². The largest absolute Gasteiger partial charge is 0.490 e. The maximum atomic E-state index is 13.2. The second kappa shape index (κ2) is 13.0. The second-order valence-electron chi connectivity index (χ2n) is 10.2. The Morgan fingerprint density at radius 3 is 2.45 bits per heavy atom. The number of amides is 3. The molecule has 1 N–H and O–H groups in total. The number of imide groups is 1. The van der Waals surface area contributed by atoms with Gasteiger partial charge in [-0.3, -0.25) is 19.3 Å². The number of hydrogen-bond acceptors (Lipinski definition) is 6. The fourth-order valence-corrected chi connectivity index (χ4v) is 5.59. The third-order valence-corrected chi connectivity index (χ3v) is 7.72. The number of anilines is 1. The van der Waals surface area contributed by atoms with Gasteiger partial charge in [0.1, 0.15) is 0 Å². The maximum Gasteiger partial charge on any atom is 0.293 e. The van der Waals surface area contributed by atoms with Crippen LogP contribution in [0.5, 0.6) is 11.5 Å². The van der Waals surface area contributed by atoms with E-state index in [1.54, 1.807) is 24.3 Å². The molecule has 0 saturated carbocycles. The number of carbonyl (C=O) groups excluding carboxylic acids is 3. The molecular formula is C34H32N2O5S. The first-order valence-corrected chi connectivity index (χ1v) is 14.7. The van der Waals surface area contributed by atoms with Gasteiger partial charge in [-0.25, -0.2) is 0 Å². The van der Waals surface area contributed by atoms with Gasteiger partial charge in [-0.15, -0.1) is 0 Å². The van der Waals surface area contributed by atoms with Crippen LogP contribution >= 0.6 is 11.8 Å². The molecule has 0 bridgehead atoms. The lowest BCUT2D eigenvalue weighted by Gasteiger charge is -2.15. The van der Waals surface area contributed by atoms with E-state index in [1.165, 1.54) is 4.90 Å². The highest BCUT2D eigenvalue weighted by Crippen LogP contribution is 2.36. The van der Waals surface area contributed by atoms with Crippen molar-refractivity contribution in [2.75, 3.05) is 18.5 Å². The van der Waals surface area contributed by atoms with E-state index in [0.717, 1.165) is 39.3 Å². The summed E-state index contributed by atoms with van der Waals surface area (Å²) in [5.41, 5.74) is 3.37. The summed E-state index contributed by atoms with van der Waals surface area (Å²) < 4.78 is 11.6. The summed E-state index contributed by atoms with van der Waals surface area (Å²) in [7, 11) is 0. The molecular weight excluding hydrogens is 548 g/mol. The quantitative estimate of drug-likeness (QED) is 0.194. The molecule has 0 radical (unpaired) electrons. The van der Waals surface area contributed by atoms with Gasteiger partial charge in [-0.2, -0.15) is 0 Å². The zero-order valence-electron chi connectivity index (χ0n) is 23.8. The summed E-state index contributed by atoms with van der Waals surface area (Å²) in [5.74, 6) is 0.492. The Kier molecular flexibility index (Phi) is 8.93. The number of thioether (sulfide) groups is 1. The molecule has 1 saturated heterocycles. The van der Waals surface area contributed by atoms with Crippen molar-refractivity contribution < 1.29 is 23.9 Å². The second-order valence-corrected chi connectivity index (χ2v) is 11.2. The lowest BCUT2D eigenvalue weighted by molar-refractivity contribution is -0.123. The van der Waals surface area contributed by atoms with Crippen LogP contribution in [0.25, 0.3) is 16.8 Å². The number of benzene rings is 4. The van der Waals surface area contributed by atoms with E-state index < -0.39 is 0 Å². The number of carbonyl (C=O) groups is 3. The van der Waals surface area contributed by atoms with Crippen molar-refractivity contribution >= 4 is 51.4 Å². The monoisotopic (exact) mass is 580 g/mol. The van der Waals surface area contributed by atoms with Crippen molar-refractivity contribution in [2.24, 2.45) is 0 Å². The Labute approximate surface area is 249 Å². The molecule has 0 unspecified atom stereocenters. The molecule has 8 heteroatoms. The summed E-state index contributed by atoms with van der Waals surface area (Å²) in [5, 5.41) is 4.77. The predicted octanol–water partition coefficient (Wildman–Crippen LogP) is 7.62. The van der Waals surface area contributed by atoms with Gasteiger partial charge in [0.05, 0.1) is 18.1 Å². The smallest absolute Gasteiger partial charge is 0.293 e. The van der Waals surface area contributed by atoms with Gasteiger partial charge in [-0.05, 0) is 82.4 Å². The maximum absolute atomic E-state index is 13.2. The lowest BCUT2D eigenvalue weighted by Crippen LogP contribution is -2.27. The number of fused-ring (bicyclic) bond motifs is 1. The molecule has 4 aromatic carbocycles. The van der Waals surface area contributed by atoms with Gasteiger partial charge in [-0.1, -0.05) is 74.5 Å². The molecule has 214 valence electrons. The van der Waals surface area contributed by atoms with Crippen LogP contribution in [0.3, 0.4) is 0 Å². The van der Waals surface area contributed by atoms with Crippen molar-refractivity contribution in [1.82, 2.24) is 4.90 Å². The highest BCUT2D eigenvalue weighted by molar-refractivity contribution is 8.18. The van der Waals surface area contributed by atoms with Crippen LogP contribution in [0.1, 0.15) is 43.4 Å². The average molecular weight is 581 g/mol. The van der Waals surface area contributed by atoms with Gasteiger partial charge in [0.25, 0.3) is 17.1 Å². The third-order valence-electron chi connectivity index (χ3n) is 6.81. The first-order chi connectivity index (χ1) is 20.3. The Morgan fingerprint density at radius 1 is 0.905 bits per heavy atom. The summed E-state index contributed by atoms with van der Waals surface area (Å²) in [6.07, 6.45) is 1.67. The molecule has 5 rings (SSSR count). The molecule has 0 aliphatic carbocycles. The Hall–Kier alpha value is -4.56. The highest BCUT2D eigenvalue weighted by Gasteiger charge is 2.35. The number of nitrogens with zero attached hydrogens (tertiary/aromatic N) is 1. The number of rotatable bonds is 10. The predicted molar refractivity (Wildman–Crippen MR) is 168 cm³/mol. The van der Waals surface area contributed by atoms with Crippen LogP contribution in [0.2, 0.25) is 0 Å². The number of ether oxygens (including phenoxy) is 2. The molecule has 7 nitrogen and oxygen atoms in total. The summed E-state index contributed by atoms with van der Waals surface area (Å²) >= 11 is 0.915. The van der Waals surface area contributed by atoms with E-state index in [2.05, 4.69) is 19.2 Å². The van der Waals surface area contributed by atoms with Crippen LogP contribution in [0.15, 0.2) is 89.8 Å². The number of para-hydroxylation sites is 1. The van der Waals surface area contributed by atoms with Gasteiger partial charge < -0.3 is 14.8 Å². The fraction of sp³-hybridized carbons (Fsp3) is 0.206. The van der Waals surface area contributed by atoms with Gasteiger partial charge in [0.2, 0.25) is 0 Å². The molecule has 0 atom stereocenters. The van der Waals surface area contributed by atoms with Crippen molar-refractivity contribution in [3.05, 3.63) is 107 Å². The van der Waals surface area contributed by atoms with Crippen molar-refractivity contribution in [3.8, 4) is 11.5 Å². The molecule has 1 heterocycles. The average Bonchev–Trinajstić information content (AvgIpc) is 3.24. The molecule has 3 amide bonds. The van der Waals surface area contributed by atoms with E-state index in [1.807, 2.05) is 73.7 Å². The SMILES string of the molecule is CCOc1cc(/C=C2\SC(=O)N(Cc3ccc4ccccc4c3)C2=O)ccc1OCC(=O)Nc1ccccc1C(C)C. The lowest BCUT2D eigenvalue weighted by atomic mass is 10.0. The van der Waals surface area contributed by atoms with E-state index in [4.69, 9.17) is 9.47 Å². The fourth-order valence-electron chi connectivity index (χ4n) is 4.75. The number of hydrogen-bond donors (Lipinski definition) is 1. The minimum atomic E-state index is -0.338. The minimum absolute atomic E-state index is 0.195. The van der Waals surface area contributed by atoms with E-state index in [0.29, 0.717) is 28.6 Å². The molecule has 1 aliphatic rings. The van der Waals surface area contributed by atoms with Crippen LogP contribution in [-0.2, 0) is 16.1 Å². The Balaban J connectivity index is 1.27. The molecule has 1 fully saturated rings. The van der Waals surface area contributed by atoms with Crippen molar-refractivity contribution in [2.45, 2.75) is 33.2 Å². The molecule has 4 aromatic rings. The zero-order chi connectivity index (χ0) is 29.6. The van der Waals surface area contributed by atoms with Crippen LogP contribution in [-0.4, -0.2) is 35.2 Å². The van der Waals surface area contributed by atoms with E-state index in [-0.39, 0.29) is 36.1 Å². The van der Waals surface area contributed by atoms with Crippen LogP contribution in [0, 0.1) is 0 Å². The molecule has 1 aliphatic heterocycles.